The molecular formula is C22H22FN3O3. The van der Waals surface area contributed by atoms with Gasteiger partial charge in [-0.05, 0) is 42.3 Å². The molecular weight excluding hydrogens is 373 g/mol. The van der Waals surface area contributed by atoms with E-state index in [2.05, 4.69) is 15.6 Å². The number of nitrogens with one attached hydrogen (secondary N) is 2. The number of rotatable bonds is 9. The first-order valence-corrected chi connectivity index (χ1v) is 9.14. The zero-order valence-electron chi connectivity index (χ0n) is 16.0. The van der Waals surface area contributed by atoms with E-state index in [1.807, 2.05) is 12.1 Å². The van der Waals surface area contributed by atoms with E-state index >= 15 is 0 Å². The Balaban J connectivity index is 1.45. The van der Waals surface area contributed by atoms with Gasteiger partial charge in [0.05, 0.1) is 19.0 Å². The van der Waals surface area contributed by atoms with Gasteiger partial charge in [0.2, 0.25) is 0 Å². The predicted octanol–water partition coefficient (Wildman–Crippen LogP) is 3.90. The molecule has 6 nitrogen and oxygen atoms in total. The van der Waals surface area contributed by atoms with Gasteiger partial charge in [-0.2, -0.15) is 0 Å². The van der Waals surface area contributed by atoms with Gasteiger partial charge in [0.15, 0.2) is 18.1 Å². The quantitative estimate of drug-likeness (QED) is 0.575. The van der Waals surface area contributed by atoms with Gasteiger partial charge in [0.1, 0.15) is 11.6 Å². The minimum absolute atomic E-state index is 0.162. The third-order valence-electron chi connectivity index (χ3n) is 4.14. The number of anilines is 2. The van der Waals surface area contributed by atoms with E-state index in [0.29, 0.717) is 35.8 Å². The molecule has 3 rings (SSSR count). The summed E-state index contributed by atoms with van der Waals surface area (Å²) >= 11 is 0. The summed E-state index contributed by atoms with van der Waals surface area (Å²) in [6.07, 6.45) is 2.17. The van der Waals surface area contributed by atoms with Crippen molar-refractivity contribution in [2.24, 2.45) is 0 Å². The number of aromatic nitrogens is 1. The van der Waals surface area contributed by atoms with Crippen LogP contribution in [0.25, 0.3) is 0 Å². The normalized spacial score (nSPS) is 10.3. The Hall–Kier alpha value is -3.61. The van der Waals surface area contributed by atoms with Crippen molar-refractivity contribution < 1.29 is 18.7 Å². The highest BCUT2D eigenvalue weighted by Crippen LogP contribution is 2.25. The van der Waals surface area contributed by atoms with E-state index in [1.165, 1.54) is 13.2 Å². The molecule has 0 spiro atoms. The first-order chi connectivity index (χ1) is 14.2. The van der Waals surface area contributed by atoms with Gasteiger partial charge in [-0.15, -0.1) is 0 Å². The first-order valence-electron chi connectivity index (χ1n) is 9.14. The smallest absolute Gasteiger partial charge is 0.263 e. The predicted molar refractivity (Wildman–Crippen MR) is 110 cm³/mol. The molecule has 0 bridgehead atoms. The molecule has 0 aliphatic carbocycles. The molecule has 0 unspecified atom stereocenters. The fraction of sp³-hybridized carbons (Fsp3) is 0.182. The summed E-state index contributed by atoms with van der Waals surface area (Å²) in [7, 11) is 1.54. The molecule has 1 heterocycles. The molecule has 3 aromatic rings. The lowest BCUT2D eigenvalue weighted by Crippen LogP contribution is -2.21. The van der Waals surface area contributed by atoms with Crippen molar-refractivity contribution in [1.29, 1.82) is 0 Å². The molecule has 0 fully saturated rings. The van der Waals surface area contributed by atoms with Crippen molar-refractivity contribution in [3.05, 3.63) is 78.2 Å². The average molecular weight is 395 g/mol. The molecule has 0 aliphatic heterocycles. The summed E-state index contributed by atoms with van der Waals surface area (Å²) in [5.74, 6) is 0.930. The minimum Gasteiger partial charge on any atom is -0.493 e. The zero-order chi connectivity index (χ0) is 20.5. The lowest BCUT2D eigenvalue weighted by molar-refractivity contribution is -0.118. The van der Waals surface area contributed by atoms with E-state index in [9.17, 15) is 9.18 Å². The van der Waals surface area contributed by atoms with Crippen molar-refractivity contribution in [3.63, 3.8) is 0 Å². The molecule has 0 radical (unpaired) electrons. The number of carbonyl (C=O) groups is 1. The number of nitrogens with zero attached hydrogens (tertiary/aromatic N) is 1. The summed E-state index contributed by atoms with van der Waals surface area (Å²) in [5.41, 5.74) is 1.44. The Morgan fingerprint density at radius 1 is 1.03 bits per heavy atom. The Morgan fingerprint density at radius 2 is 1.79 bits per heavy atom. The zero-order valence-corrected chi connectivity index (χ0v) is 16.0. The second-order valence-electron chi connectivity index (χ2n) is 6.19. The number of pyridine rings is 1. The van der Waals surface area contributed by atoms with Crippen LogP contribution in [0, 0.1) is 5.82 Å². The molecule has 2 N–H and O–H groups in total. The van der Waals surface area contributed by atoms with Crippen LogP contribution in [0.1, 0.15) is 5.56 Å². The van der Waals surface area contributed by atoms with Gasteiger partial charge in [0, 0.05) is 6.54 Å². The number of para-hydroxylation sites is 2. The largest absolute Gasteiger partial charge is 0.493 e. The number of hydrogen-bond acceptors (Lipinski definition) is 5. The van der Waals surface area contributed by atoms with E-state index in [-0.39, 0.29) is 18.3 Å². The minimum atomic E-state index is -0.330. The summed E-state index contributed by atoms with van der Waals surface area (Å²) in [6, 6.07) is 17.3. The number of hydrogen-bond donors (Lipinski definition) is 2. The number of halogens is 1. The van der Waals surface area contributed by atoms with Crippen molar-refractivity contribution in [3.8, 4) is 11.5 Å². The fourth-order valence-electron chi connectivity index (χ4n) is 2.68. The van der Waals surface area contributed by atoms with Gasteiger partial charge >= 0.3 is 0 Å². The van der Waals surface area contributed by atoms with E-state index < -0.39 is 0 Å². The number of ether oxygens (including phenoxy) is 2. The molecule has 1 amide bonds. The molecule has 0 saturated heterocycles. The van der Waals surface area contributed by atoms with Crippen LogP contribution in [0.4, 0.5) is 15.9 Å². The van der Waals surface area contributed by atoms with Gasteiger partial charge < -0.3 is 20.1 Å². The molecule has 1 aromatic heterocycles. The molecule has 0 saturated carbocycles. The average Bonchev–Trinajstić information content (AvgIpc) is 2.75. The number of carbonyl (C=O) groups excluding carboxylic acids is 1. The van der Waals surface area contributed by atoms with Crippen LogP contribution in [-0.2, 0) is 11.2 Å². The summed E-state index contributed by atoms with van der Waals surface area (Å²) < 4.78 is 24.3. The van der Waals surface area contributed by atoms with Crippen molar-refractivity contribution in [2.75, 3.05) is 30.9 Å². The van der Waals surface area contributed by atoms with Crippen LogP contribution in [0.15, 0.2) is 66.9 Å². The van der Waals surface area contributed by atoms with Crippen molar-refractivity contribution in [1.82, 2.24) is 4.98 Å². The number of amides is 1. The van der Waals surface area contributed by atoms with Crippen LogP contribution < -0.4 is 20.1 Å². The molecule has 0 atom stereocenters. The second kappa shape index (κ2) is 10.1. The van der Waals surface area contributed by atoms with Gasteiger partial charge in [-0.3, -0.25) is 4.79 Å². The maximum atomic E-state index is 13.6. The highest BCUT2D eigenvalue weighted by Gasteiger charge is 2.08. The highest BCUT2D eigenvalue weighted by atomic mass is 19.1. The van der Waals surface area contributed by atoms with Crippen LogP contribution in [0.5, 0.6) is 11.5 Å². The molecule has 150 valence electrons. The Labute approximate surface area is 168 Å². The van der Waals surface area contributed by atoms with Gasteiger partial charge in [-0.25, -0.2) is 9.37 Å². The Kier molecular flexibility index (Phi) is 7.00. The van der Waals surface area contributed by atoms with Crippen LogP contribution in [0.3, 0.4) is 0 Å². The van der Waals surface area contributed by atoms with E-state index in [0.717, 1.165) is 5.69 Å². The maximum Gasteiger partial charge on any atom is 0.263 e. The van der Waals surface area contributed by atoms with E-state index in [4.69, 9.17) is 9.47 Å². The molecule has 0 aliphatic rings. The van der Waals surface area contributed by atoms with Crippen LogP contribution in [-0.4, -0.2) is 31.2 Å². The standard InChI is InChI=1S/C22H22FN3O3/c1-28-19-8-4-5-9-20(19)29-15-22(27)26-21-11-10-17(14-25-21)24-13-12-16-6-2-3-7-18(16)23/h2-11,14,24H,12-13,15H2,1H3,(H,25,26,27). The second-order valence-corrected chi connectivity index (χ2v) is 6.19. The van der Waals surface area contributed by atoms with Gasteiger partial charge in [0.25, 0.3) is 5.91 Å². The Morgan fingerprint density at radius 3 is 2.52 bits per heavy atom. The molecule has 7 heteroatoms. The topological polar surface area (TPSA) is 72.5 Å². The maximum absolute atomic E-state index is 13.6. The monoisotopic (exact) mass is 395 g/mol. The Bertz CT molecular complexity index is 948. The molecule has 29 heavy (non-hydrogen) atoms. The lowest BCUT2D eigenvalue weighted by atomic mass is 10.1. The van der Waals surface area contributed by atoms with E-state index in [1.54, 1.807) is 48.7 Å². The van der Waals surface area contributed by atoms with Crippen molar-refractivity contribution in [2.45, 2.75) is 6.42 Å². The SMILES string of the molecule is COc1ccccc1OCC(=O)Nc1ccc(NCCc2ccccc2F)cn1. The summed E-state index contributed by atoms with van der Waals surface area (Å²) in [6.45, 7) is 0.408. The van der Waals surface area contributed by atoms with Crippen LogP contribution in [0.2, 0.25) is 0 Å². The number of benzene rings is 2. The first kappa shape index (κ1) is 20.1. The van der Waals surface area contributed by atoms with Crippen molar-refractivity contribution >= 4 is 17.4 Å². The summed E-state index contributed by atoms with van der Waals surface area (Å²) in [4.78, 5) is 16.3. The van der Waals surface area contributed by atoms with Gasteiger partial charge in [-0.1, -0.05) is 30.3 Å². The molecule has 2 aromatic carbocycles. The number of methoxy groups -OCH3 is 1. The van der Waals surface area contributed by atoms with Crippen LogP contribution >= 0.6 is 0 Å². The lowest BCUT2D eigenvalue weighted by Gasteiger charge is -2.11. The summed E-state index contributed by atoms with van der Waals surface area (Å²) in [5, 5.41) is 5.85. The highest BCUT2D eigenvalue weighted by molar-refractivity contribution is 5.91. The third-order valence-corrected chi connectivity index (χ3v) is 4.14. The third kappa shape index (κ3) is 5.93. The fourth-order valence-corrected chi connectivity index (χ4v) is 2.68.